The van der Waals surface area contributed by atoms with Crippen LogP contribution in [0.4, 0.5) is 9.59 Å². The third-order valence-electron chi connectivity index (χ3n) is 1.06. The molecule has 0 aromatic carbocycles. The van der Waals surface area contributed by atoms with E-state index in [1.165, 1.54) is 0 Å². The maximum absolute atomic E-state index is 10.7. The summed E-state index contributed by atoms with van der Waals surface area (Å²) in [5, 5.41) is 6.05. The topological polar surface area (TPSA) is 145 Å². The van der Waals surface area contributed by atoms with E-state index >= 15 is 0 Å². The highest BCUT2D eigenvalue weighted by Crippen LogP contribution is 1.86. The minimum Gasteiger partial charge on any atom is -0.412 e. The number of halogens is 1. The van der Waals surface area contributed by atoms with Crippen LogP contribution in [0.5, 0.6) is 0 Å². The van der Waals surface area contributed by atoms with Crippen molar-refractivity contribution < 1.29 is 19.9 Å². The third-order valence-corrected chi connectivity index (χ3v) is 1.06. The van der Waals surface area contributed by atoms with Crippen LogP contribution in [0.1, 0.15) is 0 Å². The number of carbonyl (C=O) groups excluding carboxylic acids is 3. The zero-order valence-electron chi connectivity index (χ0n) is 6.29. The molecule has 82 valence electrons. The van der Waals surface area contributed by atoms with Crippen LogP contribution in [-0.4, -0.2) is 47.0 Å². The van der Waals surface area contributed by atoms with Gasteiger partial charge in [0.2, 0.25) is 0 Å². The molecule has 14 heavy (non-hydrogen) atoms. The quantitative estimate of drug-likeness (QED) is 0.277. The third kappa shape index (κ3) is 4.88. The van der Waals surface area contributed by atoms with Crippen molar-refractivity contribution in [2.24, 2.45) is 5.73 Å². The van der Waals surface area contributed by atoms with Crippen LogP contribution in [0.15, 0.2) is 0 Å². The van der Waals surface area contributed by atoms with Gasteiger partial charge in [-0.05, 0) is 0 Å². The van der Waals surface area contributed by atoms with E-state index in [0.717, 1.165) is 0 Å². The fourth-order valence-corrected chi connectivity index (χ4v) is 0.661. The number of imide groups is 1. The molecule has 1 unspecified atom stereocenters. The Kier molecular flexibility index (Phi) is 9.89. The molecule has 1 saturated heterocycles. The van der Waals surface area contributed by atoms with Gasteiger partial charge >= 0.3 is 12.1 Å². The van der Waals surface area contributed by atoms with Crippen molar-refractivity contribution in [3.63, 3.8) is 0 Å². The lowest BCUT2D eigenvalue weighted by Crippen LogP contribution is -2.48. The molecule has 0 aromatic rings. The van der Waals surface area contributed by atoms with Gasteiger partial charge in [0.05, 0.1) is 0 Å². The first-order valence-corrected chi connectivity index (χ1v) is 2.77. The Morgan fingerprint density at radius 1 is 1.43 bits per heavy atom. The Bertz CT molecular complexity index is 237. The van der Waals surface area contributed by atoms with E-state index in [-0.39, 0.29) is 35.2 Å². The summed E-state index contributed by atoms with van der Waals surface area (Å²) in [6, 6.07) is -1.51. The average molecular weight is 243 g/mol. The number of primary amides is 1. The first-order valence-electron chi connectivity index (χ1n) is 2.77. The zero-order chi connectivity index (χ0) is 8.43. The fourth-order valence-electron chi connectivity index (χ4n) is 0.661. The summed E-state index contributed by atoms with van der Waals surface area (Å²) in [6.45, 7) is 0. The standard InChI is InChI=1S/C4H6N4O3.Al.ClH.H2O.3H/c5-3(10)6-1-2(9)8-4(11)7-1;;;;;;/h1H,(H3,5,6,10)(H2,7,8,9,11);;1H;1H2;;;. The van der Waals surface area contributed by atoms with Gasteiger partial charge in [0, 0.05) is 0 Å². The van der Waals surface area contributed by atoms with Crippen LogP contribution in [0.25, 0.3) is 0 Å². The van der Waals surface area contributed by atoms with Crippen LogP contribution in [-0.2, 0) is 4.79 Å². The molecule has 1 rings (SSSR count). The van der Waals surface area contributed by atoms with Gasteiger partial charge in [-0.15, -0.1) is 12.4 Å². The number of amides is 5. The summed E-state index contributed by atoms with van der Waals surface area (Å²) in [6.07, 6.45) is -1.04. The first-order chi connectivity index (χ1) is 5.09. The van der Waals surface area contributed by atoms with Gasteiger partial charge in [0.15, 0.2) is 23.5 Å². The molecular formula is C4H12AlClN4O4. The molecule has 5 amide bonds. The Balaban J connectivity index is -0.000000403. The number of urea groups is 2. The number of nitrogens with two attached hydrogens (primary N) is 1. The lowest BCUT2D eigenvalue weighted by Gasteiger charge is -2.05. The van der Waals surface area contributed by atoms with Crippen molar-refractivity contribution in [2.45, 2.75) is 6.17 Å². The van der Waals surface area contributed by atoms with E-state index < -0.39 is 24.1 Å². The molecule has 1 heterocycles. The normalized spacial score (nSPS) is 17.6. The highest BCUT2D eigenvalue weighted by atomic mass is 35.5. The molecule has 0 radical (unpaired) electrons. The van der Waals surface area contributed by atoms with Gasteiger partial charge < -0.3 is 21.8 Å². The summed E-state index contributed by atoms with van der Waals surface area (Å²) in [5.41, 5.74) is 4.70. The summed E-state index contributed by atoms with van der Waals surface area (Å²) in [5.74, 6) is -0.617. The molecule has 0 aliphatic carbocycles. The lowest BCUT2D eigenvalue weighted by atomic mass is 10.5. The lowest BCUT2D eigenvalue weighted by molar-refractivity contribution is -0.120. The minimum atomic E-state index is -1.04. The smallest absolute Gasteiger partial charge is 0.323 e. The molecule has 8 nitrogen and oxygen atoms in total. The van der Waals surface area contributed by atoms with Crippen molar-refractivity contribution in [1.82, 2.24) is 16.0 Å². The molecule has 10 heteroatoms. The van der Waals surface area contributed by atoms with E-state index in [4.69, 9.17) is 5.73 Å². The van der Waals surface area contributed by atoms with Crippen molar-refractivity contribution in [3.05, 3.63) is 0 Å². The monoisotopic (exact) mass is 242 g/mol. The van der Waals surface area contributed by atoms with E-state index in [1.807, 2.05) is 10.6 Å². The summed E-state index contributed by atoms with van der Waals surface area (Å²) in [4.78, 5) is 31.3. The number of hydrogen-bond donors (Lipinski definition) is 4. The van der Waals surface area contributed by atoms with Crippen molar-refractivity contribution in [3.8, 4) is 0 Å². The van der Waals surface area contributed by atoms with Gasteiger partial charge in [-0.1, -0.05) is 0 Å². The van der Waals surface area contributed by atoms with Crippen LogP contribution in [0, 0.1) is 0 Å². The minimum absolute atomic E-state index is 0. The number of hydrogen-bond acceptors (Lipinski definition) is 3. The Labute approximate surface area is 95.8 Å². The predicted molar refractivity (Wildman–Crippen MR) is 54.0 cm³/mol. The Morgan fingerprint density at radius 3 is 2.21 bits per heavy atom. The van der Waals surface area contributed by atoms with Crippen molar-refractivity contribution >= 4 is 47.7 Å². The molecule has 1 aliphatic rings. The van der Waals surface area contributed by atoms with Crippen molar-refractivity contribution in [2.75, 3.05) is 0 Å². The SMILES string of the molecule is Cl.NC(=O)NC1NC(=O)NC1=O.O.[AlH3]. The molecule has 1 atom stereocenters. The maximum atomic E-state index is 10.7. The fraction of sp³-hybridized carbons (Fsp3) is 0.250. The van der Waals surface area contributed by atoms with E-state index in [9.17, 15) is 14.4 Å². The highest BCUT2D eigenvalue weighted by molar-refractivity contribution is 6.05. The van der Waals surface area contributed by atoms with Gasteiger partial charge in [-0.25, -0.2) is 9.59 Å². The summed E-state index contributed by atoms with van der Waals surface area (Å²) in [7, 11) is 0. The van der Waals surface area contributed by atoms with Crippen LogP contribution >= 0.6 is 12.4 Å². The van der Waals surface area contributed by atoms with Gasteiger partial charge in [-0.3, -0.25) is 10.1 Å². The molecule has 0 aromatic heterocycles. The number of nitrogens with one attached hydrogen (secondary N) is 3. The Morgan fingerprint density at radius 2 is 1.93 bits per heavy atom. The molecule has 1 fully saturated rings. The van der Waals surface area contributed by atoms with Gasteiger partial charge in [-0.2, -0.15) is 0 Å². The Hall–Kier alpha value is -1.01. The molecule has 0 saturated carbocycles. The maximum Gasteiger partial charge on any atom is 0.323 e. The van der Waals surface area contributed by atoms with Crippen LogP contribution in [0.2, 0.25) is 0 Å². The van der Waals surface area contributed by atoms with Crippen LogP contribution in [0.3, 0.4) is 0 Å². The number of rotatable bonds is 1. The number of carbonyl (C=O) groups is 3. The summed E-state index contributed by atoms with van der Waals surface area (Å²) >= 11 is 0. The van der Waals surface area contributed by atoms with E-state index in [1.54, 1.807) is 0 Å². The largest absolute Gasteiger partial charge is 0.412 e. The van der Waals surface area contributed by atoms with Crippen LogP contribution < -0.4 is 21.7 Å². The molecular weight excluding hydrogens is 231 g/mol. The second-order valence-electron chi connectivity index (χ2n) is 1.90. The molecule has 0 bridgehead atoms. The van der Waals surface area contributed by atoms with Gasteiger partial charge in [0.1, 0.15) is 0 Å². The predicted octanol–water partition coefficient (Wildman–Crippen LogP) is -3.77. The highest BCUT2D eigenvalue weighted by Gasteiger charge is 2.29. The molecule has 7 N–H and O–H groups in total. The molecule has 1 aliphatic heterocycles. The van der Waals surface area contributed by atoms with Gasteiger partial charge in [0.25, 0.3) is 5.91 Å². The molecule has 0 spiro atoms. The van der Waals surface area contributed by atoms with E-state index in [0.29, 0.717) is 0 Å². The average Bonchev–Trinajstić information content (AvgIpc) is 2.09. The first kappa shape index (κ1) is 18.7. The zero-order valence-corrected chi connectivity index (χ0v) is 7.10. The van der Waals surface area contributed by atoms with Crippen molar-refractivity contribution in [1.29, 1.82) is 0 Å². The summed E-state index contributed by atoms with van der Waals surface area (Å²) < 4.78 is 0. The van der Waals surface area contributed by atoms with E-state index in [2.05, 4.69) is 5.32 Å². The second kappa shape index (κ2) is 7.40. The second-order valence-corrected chi connectivity index (χ2v) is 1.90.